The van der Waals surface area contributed by atoms with Crippen LogP contribution in [0.2, 0.25) is 0 Å². The topological polar surface area (TPSA) is 85.2 Å². The van der Waals surface area contributed by atoms with Gasteiger partial charge in [-0.1, -0.05) is 49.6 Å². The molecule has 1 aromatic carbocycles. The minimum absolute atomic E-state index is 0. The summed E-state index contributed by atoms with van der Waals surface area (Å²) in [5, 5.41) is 2.68. The third-order valence-electron chi connectivity index (χ3n) is 6.71. The van der Waals surface area contributed by atoms with E-state index in [1.807, 2.05) is 11.0 Å². The zero-order valence-electron chi connectivity index (χ0n) is 17.2. The summed E-state index contributed by atoms with van der Waals surface area (Å²) in [5.74, 6) is 0.478. The Balaban J connectivity index is 0.00000160. The van der Waals surface area contributed by atoms with Crippen LogP contribution >= 0.6 is 36.2 Å². The zero-order chi connectivity index (χ0) is 19.6. The molecule has 0 unspecified atom stereocenters. The molecule has 2 aromatic rings. The molecule has 4 rings (SSSR count). The van der Waals surface area contributed by atoms with Gasteiger partial charge in [0.05, 0.1) is 11.7 Å². The second-order valence-corrected chi connectivity index (χ2v) is 9.16. The van der Waals surface area contributed by atoms with E-state index in [0.29, 0.717) is 24.1 Å². The summed E-state index contributed by atoms with van der Waals surface area (Å²) in [6.45, 7) is 1.43. The third kappa shape index (κ3) is 4.93. The number of amides is 1. The summed E-state index contributed by atoms with van der Waals surface area (Å²) in [6, 6.07) is 10.2. The first-order valence-electron chi connectivity index (χ1n) is 10.4. The summed E-state index contributed by atoms with van der Waals surface area (Å²) < 4.78 is 0. The molecule has 0 spiro atoms. The van der Waals surface area contributed by atoms with Crippen LogP contribution in [0.15, 0.2) is 35.7 Å². The summed E-state index contributed by atoms with van der Waals surface area (Å²) in [6.07, 6.45) is 7.56. The Morgan fingerprint density at radius 1 is 1.10 bits per heavy atom. The number of anilines is 1. The number of hydrogen-bond donors (Lipinski definition) is 2. The highest BCUT2D eigenvalue weighted by Crippen LogP contribution is 2.42. The Hall–Kier alpha value is -1.34. The van der Waals surface area contributed by atoms with Crippen molar-refractivity contribution in [2.45, 2.75) is 56.4 Å². The van der Waals surface area contributed by atoms with E-state index in [0.717, 1.165) is 31.4 Å². The number of thiazole rings is 1. The van der Waals surface area contributed by atoms with E-state index in [1.54, 1.807) is 0 Å². The number of nitrogens with two attached hydrogens (primary N) is 2. The molecule has 1 aliphatic carbocycles. The Kier molecular flexibility index (Phi) is 8.98. The number of rotatable bonds is 4. The van der Waals surface area contributed by atoms with Crippen molar-refractivity contribution < 1.29 is 4.79 Å². The van der Waals surface area contributed by atoms with Gasteiger partial charge in [0, 0.05) is 23.9 Å². The van der Waals surface area contributed by atoms with Gasteiger partial charge in [-0.3, -0.25) is 4.79 Å². The lowest BCUT2D eigenvalue weighted by atomic mass is 9.70. The average molecular weight is 471 g/mol. The standard InChI is InChI=1S/C22H30N4OS.2ClH/c23-19(16-7-3-1-4-8-16)20(27)26-13-11-22(12-14-26,17-9-5-2-6-10-17)18-15-28-21(24)25-18;;/h2,5-6,9-10,15-16,19H,1,3-4,7-8,11-14,23H2,(H2,24,25);2*1H/t19-;;/m0../s1. The van der Waals surface area contributed by atoms with Gasteiger partial charge < -0.3 is 16.4 Å². The molecule has 4 N–H and O–H groups in total. The van der Waals surface area contributed by atoms with E-state index in [4.69, 9.17) is 11.5 Å². The summed E-state index contributed by atoms with van der Waals surface area (Å²) >= 11 is 1.49. The maximum Gasteiger partial charge on any atom is 0.239 e. The van der Waals surface area contributed by atoms with Crippen LogP contribution < -0.4 is 11.5 Å². The van der Waals surface area contributed by atoms with Crippen molar-refractivity contribution in [2.24, 2.45) is 11.7 Å². The van der Waals surface area contributed by atoms with Crippen LogP contribution in [0.3, 0.4) is 0 Å². The van der Waals surface area contributed by atoms with Crippen molar-refractivity contribution in [1.29, 1.82) is 0 Å². The lowest BCUT2D eigenvalue weighted by Crippen LogP contribution is -2.53. The van der Waals surface area contributed by atoms with Gasteiger partial charge in [-0.25, -0.2) is 4.98 Å². The third-order valence-corrected chi connectivity index (χ3v) is 7.38. The largest absolute Gasteiger partial charge is 0.375 e. The van der Waals surface area contributed by atoms with Gasteiger partial charge in [0.25, 0.3) is 0 Å². The fraction of sp³-hybridized carbons (Fsp3) is 0.545. The predicted octanol–water partition coefficient (Wildman–Crippen LogP) is 4.39. The second-order valence-electron chi connectivity index (χ2n) is 8.27. The normalized spacial score (nSPS) is 20.0. The molecule has 1 saturated heterocycles. The molecule has 1 saturated carbocycles. The van der Waals surface area contributed by atoms with Crippen molar-refractivity contribution in [2.75, 3.05) is 18.8 Å². The van der Waals surface area contributed by atoms with Crippen molar-refractivity contribution in [1.82, 2.24) is 9.88 Å². The van der Waals surface area contributed by atoms with Crippen LogP contribution in [0.25, 0.3) is 0 Å². The number of nitrogen functional groups attached to an aromatic ring is 1. The maximum atomic E-state index is 13.1. The van der Waals surface area contributed by atoms with E-state index >= 15 is 0 Å². The summed E-state index contributed by atoms with van der Waals surface area (Å²) in [5.41, 5.74) is 14.5. The molecule has 0 bridgehead atoms. The summed E-state index contributed by atoms with van der Waals surface area (Å²) in [7, 11) is 0. The monoisotopic (exact) mass is 470 g/mol. The minimum Gasteiger partial charge on any atom is -0.375 e. The zero-order valence-corrected chi connectivity index (χ0v) is 19.6. The van der Waals surface area contributed by atoms with Crippen LogP contribution in [0.5, 0.6) is 0 Å². The fourth-order valence-corrected chi connectivity index (χ4v) is 5.63. The number of carbonyl (C=O) groups is 1. The van der Waals surface area contributed by atoms with Crippen LogP contribution in [0.1, 0.15) is 56.2 Å². The number of piperidine rings is 1. The Bertz CT molecular complexity index is 802. The van der Waals surface area contributed by atoms with E-state index in [2.05, 4.69) is 34.6 Å². The molecule has 8 heteroatoms. The highest BCUT2D eigenvalue weighted by molar-refractivity contribution is 7.13. The molecule has 2 heterocycles. The molecule has 30 heavy (non-hydrogen) atoms. The van der Waals surface area contributed by atoms with Gasteiger partial charge in [0.2, 0.25) is 5.91 Å². The van der Waals surface area contributed by atoms with Gasteiger partial charge in [-0.2, -0.15) is 0 Å². The first-order chi connectivity index (χ1) is 13.6. The van der Waals surface area contributed by atoms with Crippen molar-refractivity contribution in [3.63, 3.8) is 0 Å². The van der Waals surface area contributed by atoms with Gasteiger partial charge in [0.1, 0.15) is 0 Å². The highest BCUT2D eigenvalue weighted by atomic mass is 35.5. The summed E-state index contributed by atoms with van der Waals surface area (Å²) in [4.78, 5) is 19.7. The smallest absolute Gasteiger partial charge is 0.239 e. The van der Waals surface area contributed by atoms with Crippen LogP contribution in [-0.2, 0) is 10.2 Å². The first-order valence-corrected chi connectivity index (χ1v) is 11.3. The Labute approximate surface area is 195 Å². The number of aromatic nitrogens is 1. The molecule has 2 aliphatic rings. The highest BCUT2D eigenvalue weighted by Gasteiger charge is 2.42. The quantitative estimate of drug-likeness (QED) is 0.693. The van der Waals surface area contributed by atoms with Crippen LogP contribution in [0.4, 0.5) is 5.13 Å². The molecule has 0 radical (unpaired) electrons. The fourth-order valence-electron chi connectivity index (χ4n) is 4.97. The van der Waals surface area contributed by atoms with E-state index in [-0.39, 0.29) is 42.2 Å². The number of benzene rings is 1. The van der Waals surface area contributed by atoms with Gasteiger partial charge in [-0.05, 0) is 37.2 Å². The van der Waals surface area contributed by atoms with Crippen LogP contribution in [0, 0.1) is 5.92 Å². The number of hydrogen-bond acceptors (Lipinski definition) is 5. The van der Waals surface area contributed by atoms with Crippen molar-refractivity contribution in [3.8, 4) is 0 Å². The second kappa shape index (κ2) is 10.8. The SMILES string of the molecule is Cl.Cl.Nc1nc(C2(c3ccccc3)CCN(C(=O)[C@@H](N)C3CCCCC3)CC2)cs1. The Morgan fingerprint density at radius 3 is 2.30 bits per heavy atom. The van der Waals surface area contributed by atoms with E-state index in [1.165, 1.54) is 36.2 Å². The molecule has 1 aromatic heterocycles. The minimum atomic E-state index is -0.348. The molecular weight excluding hydrogens is 439 g/mol. The van der Waals surface area contributed by atoms with Gasteiger partial charge in [-0.15, -0.1) is 36.2 Å². The Morgan fingerprint density at radius 2 is 1.73 bits per heavy atom. The van der Waals surface area contributed by atoms with E-state index in [9.17, 15) is 4.79 Å². The lowest BCUT2D eigenvalue weighted by molar-refractivity contribution is -0.135. The predicted molar refractivity (Wildman–Crippen MR) is 129 cm³/mol. The first kappa shape index (κ1) is 24.9. The average Bonchev–Trinajstić information content (AvgIpc) is 3.21. The van der Waals surface area contributed by atoms with Crippen LogP contribution in [-0.4, -0.2) is 34.9 Å². The molecule has 1 amide bonds. The molecule has 1 atom stereocenters. The van der Waals surface area contributed by atoms with Crippen molar-refractivity contribution >= 4 is 47.2 Å². The molecular formula is C22H32Cl2N4OS. The number of carbonyl (C=O) groups excluding carboxylic acids is 1. The molecule has 2 fully saturated rings. The number of likely N-dealkylation sites (tertiary alicyclic amines) is 1. The van der Waals surface area contributed by atoms with Gasteiger partial charge >= 0.3 is 0 Å². The number of halogens is 2. The molecule has 166 valence electrons. The maximum absolute atomic E-state index is 13.1. The van der Waals surface area contributed by atoms with Gasteiger partial charge in [0.15, 0.2) is 5.13 Å². The van der Waals surface area contributed by atoms with E-state index < -0.39 is 0 Å². The number of nitrogens with zero attached hydrogens (tertiary/aromatic N) is 2. The molecule has 1 aliphatic heterocycles. The lowest BCUT2D eigenvalue weighted by Gasteiger charge is -2.42. The molecule has 5 nitrogen and oxygen atoms in total. The van der Waals surface area contributed by atoms with Crippen molar-refractivity contribution in [3.05, 3.63) is 47.0 Å².